The van der Waals surface area contributed by atoms with E-state index in [9.17, 15) is 0 Å². The predicted octanol–water partition coefficient (Wildman–Crippen LogP) is 3.87. The number of fused-ring (bicyclic) bond motifs is 1. The number of piperidine rings is 1. The second-order valence-corrected chi connectivity index (χ2v) is 6.07. The van der Waals surface area contributed by atoms with Crippen molar-refractivity contribution in [2.45, 2.75) is 44.1 Å². The van der Waals surface area contributed by atoms with Gasteiger partial charge in [0.15, 0.2) is 0 Å². The molecule has 1 spiro atoms. The highest BCUT2D eigenvalue weighted by Gasteiger charge is 2.35. The van der Waals surface area contributed by atoms with E-state index in [0.717, 1.165) is 0 Å². The monoisotopic (exact) mass is 315 g/mol. The zero-order valence-corrected chi connectivity index (χ0v) is 12.4. The van der Waals surface area contributed by atoms with E-state index >= 15 is 0 Å². The van der Waals surface area contributed by atoms with E-state index in [4.69, 9.17) is 0 Å². The van der Waals surface area contributed by atoms with Crippen molar-refractivity contribution in [2.24, 2.45) is 0 Å². The Kier molecular flexibility index (Phi) is 4.17. The SMILES string of the molecule is Brc1cccc2c1CCC1(CCCCN1)C2.Cl. The van der Waals surface area contributed by atoms with Crippen LogP contribution in [-0.4, -0.2) is 12.1 Å². The molecule has 2 aliphatic rings. The minimum atomic E-state index is 0. The lowest BCUT2D eigenvalue weighted by molar-refractivity contribution is 0.225. The Morgan fingerprint density at radius 1 is 1.18 bits per heavy atom. The van der Waals surface area contributed by atoms with Crippen LogP contribution in [0.15, 0.2) is 22.7 Å². The Bertz CT molecular complexity index is 399. The third-order valence-electron chi connectivity index (χ3n) is 4.18. The molecule has 17 heavy (non-hydrogen) atoms. The summed E-state index contributed by atoms with van der Waals surface area (Å²) in [5.74, 6) is 0. The van der Waals surface area contributed by atoms with E-state index in [-0.39, 0.29) is 12.4 Å². The van der Waals surface area contributed by atoms with E-state index < -0.39 is 0 Å². The highest BCUT2D eigenvalue weighted by atomic mass is 79.9. The molecule has 0 amide bonds. The van der Waals surface area contributed by atoms with Crippen LogP contribution in [0.2, 0.25) is 0 Å². The van der Waals surface area contributed by atoms with Crippen LogP contribution in [0, 0.1) is 0 Å². The molecule has 94 valence electrons. The van der Waals surface area contributed by atoms with E-state index in [1.54, 1.807) is 11.1 Å². The van der Waals surface area contributed by atoms with Crippen molar-refractivity contribution in [3.05, 3.63) is 33.8 Å². The summed E-state index contributed by atoms with van der Waals surface area (Å²) in [5.41, 5.74) is 3.52. The molecule has 1 aliphatic carbocycles. The number of benzene rings is 1. The van der Waals surface area contributed by atoms with Crippen LogP contribution in [0.3, 0.4) is 0 Å². The van der Waals surface area contributed by atoms with Crippen molar-refractivity contribution in [1.82, 2.24) is 5.32 Å². The first-order valence-electron chi connectivity index (χ1n) is 6.30. The van der Waals surface area contributed by atoms with Gasteiger partial charge in [0.05, 0.1) is 0 Å². The van der Waals surface area contributed by atoms with Crippen molar-refractivity contribution in [1.29, 1.82) is 0 Å². The van der Waals surface area contributed by atoms with Gasteiger partial charge in [0.1, 0.15) is 0 Å². The number of hydrogen-bond acceptors (Lipinski definition) is 1. The third kappa shape index (κ3) is 2.54. The highest BCUT2D eigenvalue weighted by Crippen LogP contribution is 2.36. The second kappa shape index (κ2) is 5.29. The Morgan fingerprint density at radius 3 is 2.82 bits per heavy atom. The minimum Gasteiger partial charge on any atom is -0.311 e. The summed E-state index contributed by atoms with van der Waals surface area (Å²) in [6.07, 6.45) is 7.87. The molecule has 3 heteroatoms. The number of rotatable bonds is 0. The number of nitrogens with one attached hydrogen (secondary N) is 1. The molecule has 1 fully saturated rings. The molecule has 3 rings (SSSR count). The molecule has 1 aromatic carbocycles. The molecule has 1 saturated heterocycles. The quantitative estimate of drug-likeness (QED) is 0.766. The van der Waals surface area contributed by atoms with Crippen LogP contribution >= 0.6 is 28.3 Å². The van der Waals surface area contributed by atoms with Crippen molar-refractivity contribution in [2.75, 3.05) is 6.54 Å². The van der Waals surface area contributed by atoms with Gasteiger partial charge in [-0.15, -0.1) is 12.4 Å². The Morgan fingerprint density at radius 2 is 2.06 bits per heavy atom. The van der Waals surface area contributed by atoms with Crippen LogP contribution in [0.5, 0.6) is 0 Å². The van der Waals surface area contributed by atoms with E-state index in [1.165, 1.54) is 49.5 Å². The highest BCUT2D eigenvalue weighted by molar-refractivity contribution is 9.10. The van der Waals surface area contributed by atoms with Crippen molar-refractivity contribution >= 4 is 28.3 Å². The Hall–Kier alpha value is -0.0500. The van der Waals surface area contributed by atoms with Gasteiger partial charge >= 0.3 is 0 Å². The summed E-state index contributed by atoms with van der Waals surface area (Å²) in [6.45, 7) is 1.21. The molecular formula is C14H19BrClN. The van der Waals surface area contributed by atoms with Gasteiger partial charge in [-0.1, -0.05) is 34.5 Å². The molecule has 1 aromatic rings. The molecule has 1 atom stereocenters. The van der Waals surface area contributed by atoms with Crippen LogP contribution in [0.4, 0.5) is 0 Å². The van der Waals surface area contributed by atoms with E-state index in [2.05, 4.69) is 39.4 Å². The van der Waals surface area contributed by atoms with Gasteiger partial charge < -0.3 is 5.32 Å². The molecule has 0 bridgehead atoms. The fourth-order valence-electron chi connectivity index (χ4n) is 3.26. The van der Waals surface area contributed by atoms with Gasteiger partial charge in [-0.25, -0.2) is 0 Å². The Labute approximate surface area is 118 Å². The maximum Gasteiger partial charge on any atom is 0.0225 e. The number of halogens is 2. The molecule has 1 N–H and O–H groups in total. The third-order valence-corrected chi connectivity index (χ3v) is 4.92. The van der Waals surface area contributed by atoms with Crippen LogP contribution in [-0.2, 0) is 12.8 Å². The summed E-state index contributed by atoms with van der Waals surface area (Å²) in [5, 5.41) is 3.78. The lowest BCUT2D eigenvalue weighted by Crippen LogP contribution is -2.52. The zero-order chi connectivity index (χ0) is 11.0. The fourth-order valence-corrected chi connectivity index (χ4v) is 3.87. The lowest BCUT2D eigenvalue weighted by Gasteiger charge is -2.42. The molecular weight excluding hydrogens is 298 g/mol. The second-order valence-electron chi connectivity index (χ2n) is 5.22. The van der Waals surface area contributed by atoms with E-state index in [0.29, 0.717) is 5.54 Å². The summed E-state index contributed by atoms with van der Waals surface area (Å²) < 4.78 is 1.30. The molecule has 1 nitrogen and oxygen atoms in total. The van der Waals surface area contributed by atoms with Crippen molar-refractivity contribution in [3.8, 4) is 0 Å². The lowest BCUT2D eigenvalue weighted by atomic mass is 9.74. The minimum absolute atomic E-state index is 0. The fraction of sp³-hybridized carbons (Fsp3) is 0.571. The van der Waals surface area contributed by atoms with E-state index in [1.807, 2.05) is 0 Å². The summed E-state index contributed by atoms with van der Waals surface area (Å²) in [6, 6.07) is 6.65. The normalized spacial score (nSPS) is 27.4. The summed E-state index contributed by atoms with van der Waals surface area (Å²) >= 11 is 3.67. The van der Waals surface area contributed by atoms with Gasteiger partial charge in [0.2, 0.25) is 0 Å². The van der Waals surface area contributed by atoms with Crippen molar-refractivity contribution in [3.63, 3.8) is 0 Å². The maximum absolute atomic E-state index is 3.78. The van der Waals surface area contributed by atoms with Crippen LogP contribution < -0.4 is 5.32 Å². The molecule has 0 saturated carbocycles. The first-order chi connectivity index (χ1) is 7.79. The molecule has 1 heterocycles. The standard InChI is InChI=1S/C14H18BrN.ClH/c15-13-5-3-4-11-10-14(8-6-12(11)13)7-1-2-9-16-14;/h3-5,16H,1-2,6-10H2;1H. The Balaban J connectivity index is 0.00000108. The average molecular weight is 317 g/mol. The number of hydrogen-bond donors (Lipinski definition) is 1. The topological polar surface area (TPSA) is 12.0 Å². The van der Waals surface area contributed by atoms with Crippen LogP contribution in [0.25, 0.3) is 0 Å². The molecule has 1 unspecified atom stereocenters. The average Bonchev–Trinajstić information content (AvgIpc) is 2.30. The summed E-state index contributed by atoms with van der Waals surface area (Å²) in [7, 11) is 0. The first-order valence-corrected chi connectivity index (χ1v) is 7.10. The maximum atomic E-state index is 3.78. The van der Waals surface area contributed by atoms with Gasteiger partial charge in [-0.2, -0.15) is 0 Å². The van der Waals surface area contributed by atoms with Crippen LogP contribution in [0.1, 0.15) is 36.8 Å². The summed E-state index contributed by atoms with van der Waals surface area (Å²) in [4.78, 5) is 0. The molecule has 0 radical (unpaired) electrons. The predicted molar refractivity (Wildman–Crippen MR) is 78.0 cm³/mol. The van der Waals surface area contributed by atoms with Gasteiger partial charge in [0, 0.05) is 10.0 Å². The largest absolute Gasteiger partial charge is 0.311 e. The van der Waals surface area contributed by atoms with Gasteiger partial charge in [-0.05, 0) is 55.8 Å². The molecule has 1 aliphatic heterocycles. The van der Waals surface area contributed by atoms with Gasteiger partial charge in [-0.3, -0.25) is 0 Å². The smallest absolute Gasteiger partial charge is 0.0225 e. The van der Waals surface area contributed by atoms with Gasteiger partial charge in [0.25, 0.3) is 0 Å². The first kappa shape index (κ1) is 13.4. The van der Waals surface area contributed by atoms with Crippen molar-refractivity contribution < 1.29 is 0 Å². The molecule has 0 aromatic heterocycles. The zero-order valence-electron chi connectivity index (χ0n) is 9.97.